The predicted octanol–water partition coefficient (Wildman–Crippen LogP) is 5.03. The Morgan fingerprint density at radius 3 is 2.67 bits per heavy atom. The molecule has 0 saturated carbocycles. The van der Waals surface area contributed by atoms with Crippen molar-refractivity contribution >= 4 is 34.6 Å². The number of hydrogen-bond donors (Lipinski definition) is 0. The van der Waals surface area contributed by atoms with Gasteiger partial charge in [0, 0.05) is 31.4 Å². The van der Waals surface area contributed by atoms with E-state index in [0.717, 1.165) is 22.1 Å². The van der Waals surface area contributed by atoms with Gasteiger partial charge in [-0.25, -0.2) is 0 Å². The zero-order chi connectivity index (χ0) is 19.9. The molecule has 5 heteroatoms. The van der Waals surface area contributed by atoms with Crippen molar-refractivity contribution in [2.45, 2.75) is 59.4 Å². The van der Waals surface area contributed by atoms with E-state index in [1.54, 1.807) is 4.90 Å². The maximum absolute atomic E-state index is 12.8. The van der Waals surface area contributed by atoms with E-state index < -0.39 is 0 Å². The number of amidine groups is 1. The smallest absolute Gasteiger partial charge is 0.266 e. The first-order valence-corrected chi connectivity index (χ1v) is 10.7. The number of rotatable bonds is 3. The van der Waals surface area contributed by atoms with Crippen molar-refractivity contribution in [3.05, 3.63) is 33.7 Å². The summed E-state index contributed by atoms with van der Waals surface area (Å²) >= 11 is 1.50. The SMILES string of the molecule is CCN=C1S/C(=C/c2cc3c(cc2C)N(C)C(C)(C)CC3C)C(=O)N1CC. The summed E-state index contributed by atoms with van der Waals surface area (Å²) in [6.45, 7) is 14.4. The molecule has 146 valence electrons. The van der Waals surface area contributed by atoms with E-state index in [-0.39, 0.29) is 11.4 Å². The second-order valence-corrected chi connectivity index (χ2v) is 9.17. The summed E-state index contributed by atoms with van der Waals surface area (Å²) in [6, 6.07) is 4.56. The van der Waals surface area contributed by atoms with Crippen LogP contribution in [0.5, 0.6) is 0 Å². The Bertz CT molecular complexity index is 825. The van der Waals surface area contributed by atoms with Gasteiger partial charge in [-0.3, -0.25) is 14.7 Å². The number of aryl methyl sites for hydroxylation is 1. The third-order valence-corrected chi connectivity index (χ3v) is 6.85. The molecule has 2 aliphatic heterocycles. The van der Waals surface area contributed by atoms with Crippen molar-refractivity contribution < 1.29 is 4.79 Å². The lowest BCUT2D eigenvalue weighted by Crippen LogP contribution is -2.45. The molecule has 3 rings (SSSR count). The first-order chi connectivity index (χ1) is 12.7. The highest BCUT2D eigenvalue weighted by Crippen LogP contribution is 2.44. The molecule has 1 atom stereocenters. The molecule has 4 nitrogen and oxygen atoms in total. The third-order valence-electron chi connectivity index (χ3n) is 5.81. The number of carbonyl (C=O) groups is 1. The van der Waals surface area contributed by atoms with Crippen LogP contribution < -0.4 is 4.90 Å². The second-order valence-electron chi connectivity index (χ2n) is 8.16. The number of nitrogens with zero attached hydrogens (tertiary/aromatic N) is 3. The van der Waals surface area contributed by atoms with Crippen molar-refractivity contribution in [2.75, 3.05) is 25.0 Å². The Labute approximate surface area is 167 Å². The van der Waals surface area contributed by atoms with E-state index >= 15 is 0 Å². The Morgan fingerprint density at radius 1 is 1.33 bits per heavy atom. The highest BCUT2D eigenvalue weighted by atomic mass is 32.2. The van der Waals surface area contributed by atoms with Gasteiger partial charge in [-0.1, -0.05) is 6.92 Å². The lowest BCUT2D eigenvalue weighted by molar-refractivity contribution is -0.122. The van der Waals surface area contributed by atoms with Crippen LogP contribution in [0.3, 0.4) is 0 Å². The number of hydrogen-bond acceptors (Lipinski definition) is 4. The van der Waals surface area contributed by atoms with Gasteiger partial charge in [-0.05, 0) is 93.6 Å². The van der Waals surface area contributed by atoms with Gasteiger partial charge >= 0.3 is 0 Å². The van der Waals surface area contributed by atoms with E-state index in [0.29, 0.717) is 19.0 Å². The van der Waals surface area contributed by atoms with E-state index in [1.165, 1.54) is 28.6 Å². The molecular weight excluding hydrogens is 354 g/mol. The van der Waals surface area contributed by atoms with Crippen LogP contribution in [0.15, 0.2) is 22.0 Å². The number of carbonyl (C=O) groups excluding carboxylic acids is 1. The molecule has 0 spiro atoms. The lowest BCUT2D eigenvalue weighted by Gasteiger charge is -2.45. The van der Waals surface area contributed by atoms with E-state index in [2.05, 4.69) is 62.8 Å². The molecule has 1 fully saturated rings. The molecule has 0 N–H and O–H groups in total. The van der Waals surface area contributed by atoms with Gasteiger partial charge < -0.3 is 4.90 Å². The minimum Gasteiger partial charge on any atom is -0.369 e. The molecule has 0 radical (unpaired) electrons. The maximum atomic E-state index is 12.8. The number of benzene rings is 1. The minimum absolute atomic E-state index is 0.0677. The molecule has 27 heavy (non-hydrogen) atoms. The van der Waals surface area contributed by atoms with Gasteiger partial charge in [-0.2, -0.15) is 0 Å². The standard InChI is InChI=1S/C22H31N3OS/c1-8-23-21-25(9-2)20(26)19(27-21)12-16-11-17-15(4)13-22(5,6)24(7)18(17)10-14(16)3/h10-12,15H,8-9,13H2,1-7H3/b19-12+,23-21?. The van der Waals surface area contributed by atoms with Crippen LogP contribution in [0, 0.1) is 6.92 Å². The van der Waals surface area contributed by atoms with Crippen LogP contribution in [-0.2, 0) is 4.79 Å². The number of amides is 1. The molecule has 0 aromatic heterocycles. The fourth-order valence-electron chi connectivity index (χ4n) is 4.07. The number of anilines is 1. The van der Waals surface area contributed by atoms with Crippen molar-refractivity contribution in [3.63, 3.8) is 0 Å². The van der Waals surface area contributed by atoms with Crippen LogP contribution in [0.2, 0.25) is 0 Å². The van der Waals surface area contributed by atoms with Crippen LogP contribution in [0.25, 0.3) is 6.08 Å². The molecule has 2 heterocycles. The van der Waals surface area contributed by atoms with Gasteiger partial charge in [0.25, 0.3) is 5.91 Å². The summed E-state index contributed by atoms with van der Waals surface area (Å²) in [5.74, 6) is 0.568. The fourth-order valence-corrected chi connectivity index (χ4v) is 5.17. The topological polar surface area (TPSA) is 35.9 Å². The van der Waals surface area contributed by atoms with Crippen molar-refractivity contribution in [3.8, 4) is 0 Å². The van der Waals surface area contributed by atoms with Crippen molar-refractivity contribution in [1.82, 2.24) is 4.90 Å². The highest BCUT2D eigenvalue weighted by molar-refractivity contribution is 8.18. The van der Waals surface area contributed by atoms with E-state index in [4.69, 9.17) is 0 Å². The predicted molar refractivity (Wildman–Crippen MR) is 118 cm³/mol. The average molecular weight is 386 g/mol. The molecule has 1 aromatic rings. The quantitative estimate of drug-likeness (QED) is 0.685. The van der Waals surface area contributed by atoms with E-state index in [9.17, 15) is 4.79 Å². The molecule has 0 bridgehead atoms. The molecule has 1 amide bonds. The third kappa shape index (κ3) is 3.54. The molecule has 1 saturated heterocycles. The Morgan fingerprint density at radius 2 is 2.04 bits per heavy atom. The summed E-state index contributed by atoms with van der Waals surface area (Å²) < 4.78 is 0. The number of aliphatic imine (C=N–C) groups is 1. The summed E-state index contributed by atoms with van der Waals surface area (Å²) in [7, 11) is 2.19. The molecule has 0 aliphatic carbocycles. The minimum atomic E-state index is 0.0677. The molecular formula is C22H31N3OS. The van der Waals surface area contributed by atoms with Gasteiger partial charge in [0.2, 0.25) is 0 Å². The normalized spacial score (nSPS) is 24.9. The van der Waals surface area contributed by atoms with Crippen LogP contribution in [0.4, 0.5) is 5.69 Å². The maximum Gasteiger partial charge on any atom is 0.266 e. The summed E-state index contributed by atoms with van der Waals surface area (Å²) in [5.41, 5.74) is 5.18. The van der Waals surface area contributed by atoms with Gasteiger partial charge in [0.1, 0.15) is 0 Å². The van der Waals surface area contributed by atoms with Gasteiger partial charge in [-0.15, -0.1) is 0 Å². The first kappa shape index (κ1) is 20.0. The van der Waals surface area contributed by atoms with Crippen LogP contribution in [0.1, 0.15) is 63.6 Å². The number of thioether (sulfide) groups is 1. The monoisotopic (exact) mass is 385 g/mol. The van der Waals surface area contributed by atoms with Gasteiger partial charge in [0.05, 0.1) is 4.91 Å². The second kappa shape index (κ2) is 7.34. The largest absolute Gasteiger partial charge is 0.369 e. The molecule has 2 aliphatic rings. The lowest BCUT2D eigenvalue weighted by atomic mass is 9.79. The average Bonchev–Trinajstić information content (AvgIpc) is 2.89. The first-order valence-electron chi connectivity index (χ1n) is 9.83. The Kier molecular flexibility index (Phi) is 5.44. The van der Waals surface area contributed by atoms with Gasteiger partial charge in [0.15, 0.2) is 5.17 Å². The highest BCUT2D eigenvalue weighted by Gasteiger charge is 2.35. The van der Waals surface area contributed by atoms with Crippen LogP contribution in [-0.4, -0.2) is 41.7 Å². The van der Waals surface area contributed by atoms with Crippen molar-refractivity contribution in [2.24, 2.45) is 4.99 Å². The number of likely N-dealkylation sites (N-methyl/N-ethyl adjacent to an activating group) is 1. The summed E-state index contributed by atoms with van der Waals surface area (Å²) in [5, 5.41) is 0.821. The molecule has 1 aromatic carbocycles. The van der Waals surface area contributed by atoms with Crippen molar-refractivity contribution in [1.29, 1.82) is 0 Å². The fraction of sp³-hybridized carbons (Fsp3) is 0.545. The summed E-state index contributed by atoms with van der Waals surface area (Å²) in [4.78, 5) is 22.2. The number of fused-ring (bicyclic) bond motifs is 1. The Balaban J connectivity index is 2.02. The summed E-state index contributed by atoms with van der Waals surface area (Å²) in [6.07, 6.45) is 3.18. The van der Waals surface area contributed by atoms with Crippen LogP contribution >= 0.6 is 11.8 Å². The zero-order valence-electron chi connectivity index (χ0n) is 17.6. The Hall–Kier alpha value is -1.75. The van der Waals surface area contributed by atoms with E-state index in [1.807, 2.05) is 13.8 Å². The zero-order valence-corrected chi connectivity index (χ0v) is 18.4. The molecule has 1 unspecified atom stereocenters.